The largest absolute Gasteiger partial charge is 0.391 e. The Hall–Kier alpha value is -3.35. The average molecular weight is 411 g/mol. The minimum Gasteiger partial charge on any atom is -0.391 e. The Morgan fingerprint density at radius 1 is 1.00 bits per heavy atom. The van der Waals surface area contributed by atoms with Gasteiger partial charge >= 0.3 is 0 Å². The number of hydrogen-bond donors (Lipinski definition) is 3. The number of amides is 1. The molecule has 6 nitrogen and oxygen atoms in total. The lowest BCUT2D eigenvalue weighted by Gasteiger charge is -2.28. The molecule has 0 bridgehead atoms. The highest BCUT2D eigenvalue weighted by Crippen LogP contribution is 2.45. The van der Waals surface area contributed by atoms with Crippen molar-refractivity contribution in [3.63, 3.8) is 0 Å². The molecule has 2 unspecified atom stereocenters. The Labute approximate surface area is 177 Å². The normalized spacial score (nSPS) is 21.4. The first-order valence-electron chi connectivity index (χ1n) is 10.8. The summed E-state index contributed by atoms with van der Waals surface area (Å²) in [6.07, 6.45) is 0.801. The Morgan fingerprint density at radius 2 is 1.81 bits per heavy atom. The number of nitrogens with one attached hydrogen (secondary N) is 2. The van der Waals surface area contributed by atoms with Crippen LogP contribution in [-0.2, 0) is 11.3 Å². The fourth-order valence-electron chi connectivity index (χ4n) is 5.58. The molecule has 0 aliphatic carbocycles. The average Bonchev–Trinajstić information content (AvgIpc) is 3.46. The molecule has 7 rings (SSSR count). The summed E-state index contributed by atoms with van der Waals surface area (Å²) < 4.78 is 8.35. The van der Waals surface area contributed by atoms with Crippen LogP contribution in [0.2, 0.25) is 0 Å². The second-order valence-electron chi connectivity index (χ2n) is 8.59. The monoisotopic (exact) mass is 411 g/mol. The van der Waals surface area contributed by atoms with E-state index in [0.717, 1.165) is 61.2 Å². The van der Waals surface area contributed by atoms with E-state index in [1.807, 2.05) is 24.3 Å². The van der Waals surface area contributed by atoms with Crippen LogP contribution in [0.5, 0.6) is 0 Å². The highest BCUT2D eigenvalue weighted by molar-refractivity contribution is 6.30. The third-order valence-electron chi connectivity index (χ3n) is 6.88. The second-order valence-corrected chi connectivity index (χ2v) is 8.59. The molecular formula is C25H21N3O3. The van der Waals surface area contributed by atoms with Gasteiger partial charge in [0.15, 0.2) is 0 Å². The number of H-pyrrole nitrogens is 1. The minimum absolute atomic E-state index is 0.0185. The first-order valence-corrected chi connectivity index (χ1v) is 10.8. The number of aliphatic hydroxyl groups excluding tert-OH is 1. The van der Waals surface area contributed by atoms with Gasteiger partial charge in [0, 0.05) is 33.6 Å². The topological polar surface area (TPSA) is 79.3 Å². The summed E-state index contributed by atoms with van der Waals surface area (Å²) in [6, 6.07) is 16.5. The number of carbonyl (C=O) groups is 1. The standard InChI is InChI=1S/C25H21N3O3/c29-13-9-10-19(31-12-13)28-18-8-4-2-6-15(18)21-22-16(11-26-25(22)30)20-14-5-1-3-7-17(14)27-23(20)24(21)28/h1-8,13,19,27,29H,9-12H2,(H,26,30). The minimum atomic E-state index is -0.424. The molecule has 2 aliphatic heterocycles. The Balaban J connectivity index is 1.73. The number of aliphatic hydroxyl groups is 1. The zero-order valence-corrected chi connectivity index (χ0v) is 16.8. The van der Waals surface area contributed by atoms with Crippen molar-refractivity contribution in [3.8, 4) is 0 Å². The predicted molar refractivity (Wildman–Crippen MR) is 120 cm³/mol. The van der Waals surface area contributed by atoms with Gasteiger partial charge < -0.3 is 24.7 Å². The number of rotatable bonds is 1. The summed E-state index contributed by atoms with van der Waals surface area (Å²) >= 11 is 0. The van der Waals surface area contributed by atoms with Gasteiger partial charge in [-0.25, -0.2) is 0 Å². The number of nitrogens with zero attached hydrogens (tertiary/aromatic N) is 1. The van der Waals surface area contributed by atoms with Gasteiger partial charge in [0.2, 0.25) is 0 Å². The van der Waals surface area contributed by atoms with E-state index in [2.05, 4.69) is 39.1 Å². The van der Waals surface area contributed by atoms with Gasteiger partial charge in [-0.05, 0) is 30.5 Å². The molecule has 0 radical (unpaired) electrons. The third kappa shape index (κ3) is 2.21. The summed E-state index contributed by atoms with van der Waals surface area (Å²) in [5, 5.41) is 17.3. The highest BCUT2D eigenvalue weighted by Gasteiger charge is 2.33. The summed E-state index contributed by atoms with van der Waals surface area (Å²) in [7, 11) is 0. The predicted octanol–water partition coefficient (Wildman–Crippen LogP) is 4.34. The van der Waals surface area contributed by atoms with Crippen LogP contribution in [0, 0.1) is 0 Å². The molecule has 4 heterocycles. The van der Waals surface area contributed by atoms with Crippen molar-refractivity contribution in [3.05, 3.63) is 59.7 Å². The Morgan fingerprint density at radius 3 is 2.65 bits per heavy atom. The van der Waals surface area contributed by atoms with Crippen LogP contribution < -0.4 is 5.32 Å². The van der Waals surface area contributed by atoms with Crippen molar-refractivity contribution < 1.29 is 14.6 Å². The first-order chi connectivity index (χ1) is 15.2. The van der Waals surface area contributed by atoms with E-state index in [1.54, 1.807) is 0 Å². The van der Waals surface area contributed by atoms with Crippen molar-refractivity contribution >= 4 is 49.5 Å². The first kappa shape index (κ1) is 17.3. The molecule has 2 atom stereocenters. The number of carbonyl (C=O) groups excluding carboxylic acids is 1. The van der Waals surface area contributed by atoms with Crippen molar-refractivity contribution in [1.29, 1.82) is 0 Å². The van der Waals surface area contributed by atoms with E-state index in [4.69, 9.17) is 4.74 Å². The fourth-order valence-corrected chi connectivity index (χ4v) is 5.58. The van der Waals surface area contributed by atoms with Crippen molar-refractivity contribution in [2.24, 2.45) is 0 Å². The number of hydrogen-bond acceptors (Lipinski definition) is 3. The number of aromatic amines is 1. The van der Waals surface area contributed by atoms with Crippen LogP contribution >= 0.6 is 0 Å². The van der Waals surface area contributed by atoms with Gasteiger partial charge in [0.05, 0.1) is 34.8 Å². The Kier molecular flexibility index (Phi) is 3.41. The quantitative estimate of drug-likeness (QED) is 0.384. The van der Waals surface area contributed by atoms with E-state index in [0.29, 0.717) is 19.6 Å². The molecule has 3 N–H and O–H groups in total. The Bertz CT molecular complexity index is 1540. The summed E-state index contributed by atoms with van der Waals surface area (Å²) in [5.74, 6) is -0.0185. The lowest BCUT2D eigenvalue weighted by Crippen LogP contribution is -2.27. The summed E-state index contributed by atoms with van der Waals surface area (Å²) in [4.78, 5) is 16.7. The van der Waals surface area contributed by atoms with Crippen LogP contribution in [0.3, 0.4) is 0 Å². The number of fused-ring (bicyclic) bond motifs is 10. The van der Waals surface area contributed by atoms with Crippen LogP contribution in [0.1, 0.15) is 35.0 Å². The van der Waals surface area contributed by atoms with Crippen LogP contribution in [0.25, 0.3) is 43.6 Å². The van der Waals surface area contributed by atoms with Crippen molar-refractivity contribution in [2.45, 2.75) is 31.7 Å². The number of ether oxygens (including phenoxy) is 1. The highest BCUT2D eigenvalue weighted by atomic mass is 16.5. The number of aromatic nitrogens is 2. The SMILES string of the molecule is O=C1NCc2c1c1c3ccccc3n(C3CCC(O)CO3)c1c1[nH]c3ccccc3c21. The van der Waals surface area contributed by atoms with Gasteiger partial charge in [-0.3, -0.25) is 4.79 Å². The molecule has 5 aromatic rings. The number of benzene rings is 3. The maximum atomic E-state index is 13.1. The molecule has 2 aromatic heterocycles. The van der Waals surface area contributed by atoms with E-state index in [9.17, 15) is 9.90 Å². The van der Waals surface area contributed by atoms with Gasteiger partial charge in [-0.1, -0.05) is 36.4 Å². The zero-order valence-electron chi connectivity index (χ0n) is 16.8. The second kappa shape index (κ2) is 6.09. The van der Waals surface area contributed by atoms with Gasteiger partial charge in [-0.2, -0.15) is 0 Å². The van der Waals surface area contributed by atoms with E-state index >= 15 is 0 Å². The lowest BCUT2D eigenvalue weighted by molar-refractivity contribution is -0.0849. The van der Waals surface area contributed by atoms with Crippen molar-refractivity contribution in [1.82, 2.24) is 14.9 Å². The summed E-state index contributed by atoms with van der Waals surface area (Å²) in [5.41, 5.74) is 5.99. The van der Waals surface area contributed by atoms with E-state index < -0.39 is 6.10 Å². The zero-order chi connectivity index (χ0) is 20.7. The fraction of sp³-hybridized carbons (Fsp3) is 0.240. The van der Waals surface area contributed by atoms with Gasteiger partial charge in [0.1, 0.15) is 6.23 Å². The maximum absolute atomic E-state index is 13.1. The van der Waals surface area contributed by atoms with Gasteiger partial charge in [-0.15, -0.1) is 0 Å². The molecule has 1 saturated heterocycles. The molecule has 154 valence electrons. The molecule has 0 spiro atoms. The van der Waals surface area contributed by atoms with Crippen LogP contribution in [0.4, 0.5) is 0 Å². The lowest BCUT2D eigenvalue weighted by atomic mass is 9.97. The molecule has 6 heteroatoms. The molecule has 2 aliphatic rings. The van der Waals surface area contributed by atoms with Crippen LogP contribution in [-0.4, -0.2) is 33.3 Å². The third-order valence-corrected chi connectivity index (χ3v) is 6.88. The molecular weight excluding hydrogens is 390 g/mol. The van der Waals surface area contributed by atoms with Crippen LogP contribution in [0.15, 0.2) is 48.5 Å². The van der Waals surface area contributed by atoms with Crippen molar-refractivity contribution in [2.75, 3.05) is 6.61 Å². The maximum Gasteiger partial charge on any atom is 0.252 e. The van der Waals surface area contributed by atoms with E-state index in [-0.39, 0.29) is 12.1 Å². The molecule has 1 fully saturated rings. The molecule has 0 saturated carbocycles. The number of para-hydroxylation sites is 2. The van der Waals surface area contributed by atoms with E-state index in [1.165, 1.54) is 0 Å². The molecule has 31 heavy (non-hydrogen) atoms. The smallest absolute Gasteiger partial charge is 0.252 e. The molecule has 1 amide bonds. The molecule has 3 aromatic carbocycles. The summed E-state index contributed by atoms with van der Waals surface area (Å²) in [6.45, 7) is 0.855. The van der Waals surface area contributed by atoms with Gasteiger partial charge in [0.25, 0.3) is 5.91 Å².